The fraction of sp³-hybridized carbons (Fsp3) is 0.500. The Labute approximate surface area is 109 Å². The zero-order valence-corrected chi connectivity index (χ0v) is 11.9. The normalized spacial score (nSPS) is 12.1. The summed E-state index contributed by atoms with van der Waals surface area (Å²) in [5.74, 6) is 5.25. The van der Waals surface area contributed by atoms with Gasteiger partial charge in [0, 0.05) is 18.3 Å². The first kappa shape index (κ1) is 14.9. The molecule has 0 amide bonds. The van der Waals surface area contributed by atoms with Crippen LogP contribution >= 0.6 is 0 Å². The SMILES string of the molecule is CCCN(C(C)C)S(=O)(=O)c1ccc(NN)cc1. The van der Waals surface area contributed by atoms with E-state index in [0.29, 0.717) is 17.1 Å². The third-order valence-electron chi connectivity index (χ3n) is 2.65. The summed E-state index contributed by atoms with van der Waals surface area (Å²) in [6.45, 7) is 6.25. The third-order valence-corrected chi connectivity index (χ3v) is 4.74. The lowest BCUT2D eigenvalue weighted by molar-refractivity contribution is 0.354. The van der Waals surface area contributed by atoms with E-state index in [1.807, 2.05) is 20.8 Å². The maximum absolute atomic E-state index is 12.4. The topological polar surface area (TPSA) is 75.4 Å². The minimum Gasteiger partial charge on any atom is -0.324 e. The van der Waals surface area contributed by atoms with Crippen LogP contribution in [0.25, 0.3) is 0 Å². The molecule has 0 atom stereocenters. The van der Waals surface area contributed by atoms with Crippen LogP contribution in [0.3, 0.4) is 0 Å². The fourth-order valence-corrected chi connectivity index (χ4v) is 3.46. The molecule has 1 rings (SSSR count). The van der Waals surface area contributed by atoms with Gasteiger partial charge in [-0.15, -0.1) is 0 Å². The molecule has 5 nitrogen and oxygen atoms in total. The number of hydrogen-bond donors (Lipinski definition) is 2. The first-order chi connectivity index (χ1) is 8.43. The molecular formula is C12H21N3O2S. The number of nitrogens with one attached hydrogen (secondary N) is 1. The fourth-order valence-electron chi connectivity index (χ4n) is 1.73. The zero-order chi connectivity index (χ0) is 13.8. The molecule has 0 aliphatic rings. The number of rotatable bonds is 6. The molecule has 6 heteroatoms. The van der Waals surface area contributed by atoms with Gasteiger partial charge < -0.3 is 5.43 Å². The minimum absolute atomic E-state index is 0.0535. The van der Waals surface area contributed by atoms with Crippen LogP contribution in [0, 0.1) is 0 Å². The van der Waals surface area contributed by atoms with E-state index in [-0.39, 0.29) is 6.04 Å². The van der Waals surface area contributed by atoms with Crippen LogP contribution in [0.1, 0.15) is 27.2 Å². The summed E-state index contributed by atoms with van der Waals surface area (Å²) >= 11 is 0. The molecule has 1 aromatic carbocycles. The van der Waals surface area contributed by atoms with Crippen LogP contribution in [0.2, 0.25) is 0 Å². The second-order valence-electron chi connectivity index (χ2n) is 4.38. The number of anilines is 1. The maximum atomic E-state index is 12.4. The van der Waals surface area contributed by atoms with Gasteiger partial charge in [-0.25, -0.2) is 8.42 Å². The van der Waals surface area contributed by atoms with Crippen molar-refractivity contribution in [3.8, 4) is 0 Å². The van der Waals surface area contributed by atoms with E-state index >= 15 is 0 Å². The Bertz CT molecular complexity index is 469. The molecule has 3 N–H and O–H groups in total. The molecule has 0 aromatic heterocycles. The lowest BCUT2D eigenvalue weighted by Gasteiger charge is -2.25. The predicted molar refractivity (Wildman–Crippen MR) is 73.6 cm³/mol. The Balaban J connectivity index is 3.09. The Morgan fingerprint density at radius 1 is 1.28 bits per heavy atom. The van der Waals surface area contributed by atoms with Gasteiger partial charge in [-0.3, -0.25) is 5.84 Å². The van der Waals surface area contributed by atoms with Gasteiger partial charge in [0.15, 0.2) is 0 Å². The van der Waals surface area contributed by atoms with Crippen molar-refractivity contribution in [3.05, 3.63) is 24.3 Å². The van der Waals surface area contributed by atoms with Crippen molar-refractivity contribution in [2.45, 2.75) is 38.1 Å². The van der Waals surface area contributed by atoms with Crippen LogP contribution in [0.4, 0.5) is 5.69 Å². The van der Waals surface area contributed by atoms with Gasteiger partial charge in [0.25, 0.3) is 0 Å². The molecule has 0 saturated heterocycles. The molecule has 1 aromatic rings. The van der Waals surface area contributed by atoms with Crippen LogP contribution in [-0.4, -0.2) is 25.3 Å². The highest BCUT2D eigenvalue weighted by Crippen LogP contribution is 2.20. The largest absolute Gasteiger partial charge is 0.324 e. The van der Waals surface area contributed by atoms with Crippen LogP contribution in [0.15, 0.2) is 29.2 Å². The van der Waals surface area contributed by atoms with Gasteiger partial charge in [-0.05, 0) is 44.5 Å². The molecule has 102 valence electrons. The van der Waals surface area contributed by atoms with Crippen molar-refractivity contribution in [1.29, 1.82) is 0 Å². The molecule has 0 aliphatic carbocycles. The van der Waals surface area contributed by atoms with Crippen molar-refractivity contribution in [3.63, 3.8) is 0 Å². The zero-order valence-electron chi connectivity index (χ0n) is 11.1. The number of nitrogens with zero attached hydrogens (tertiary/aromatic N) is 1. The van der Waals surface area contributed by atoms with Crippen LogP contribution < -0.4 is 11.3 Å². The minimum atomic E-state index is -3.42. The summed E-state index contributed by atoms with van der Waals surface area (Å²) in [5.41, 5.74) is 3.16. The second kappa shape index (κ2) is 6.17. The van der Waals surface area contributed by atoms with Crippen LogP contribution in [0.5, 0.6) is 0 Å². The summed E-state index contributed by atoms with van der Waals surface area (Å²) in [7, 11) is -3.42. The second-order valence-corrected chi connectivity index (χ2v) is 6.27. The molecule has 0 heterocycles. The number of nitrogen functional groups attached to an aromatic ring is 1. The molecule has 0 radical (unpaired) electrons. The first-order valence-electron chi connectivity index (χ1n) is 6.02. The van der Waals surface area contributed by atoms with E-state index < -0.39 is 10.0 Å². The van der Waals surface area contributed by atoms with Gasteiger partial charge >= 0.3 is 0 Å². The molecule has 0 fully saturated rings. The molecular weight excluding hydrogens is 250 g/mol. The molecule has 0 bridgehead atoms. The van der Waals surface area contributed by atoms with E-state index in [9.17, 15) is 8.42 Å². The van der Waals surface area contributed by atoms with E-state index in [0.717, 1.165) is 6.42 Å². The van der Waals surface area contributed by atoms with Gasteiger partial charge in [-0.2, -0.15) is 4.31 Å². The average Bonchev–Trinajstić information content (AvgIpc) is 2.35. The monoisotopic (exact) mass is 271 g/mol. The van der Waals surface area contributed by atoms with E-state index in [1.54, 1.807) is 24.3 Å². The van der Waals surface area contributed by atoms with Crippen molar-refractivity contribution >= 4 is 15.7 Å². The van der Waals surface area contributed by atoms with Crippen molar-refractivity contribution in [2.24, 2.45) is 5.84 Å². The summed E-state index contributed by atoms with van der Waals surface area (Å²) in [4.78, 5) is 0.295. The molecule has 18 heavy (non-hydrogen) atoms. The van der Waals surface area contributed by atoms with E-state index in [4.69, 9.17) is 5.84 Å². The number of sulfonamides is 1. The van der Waals surface area contributed by atoms with E-state index in [2.05, 4.69) is 5.43 Å². The Hall–Kier alpha value is -1.11. The maximum Gasteiger partial charge on any atom is 0.243 e. The van der Waals surface area contributed by atoms with Gasteiger partial charge in [0.05, 0.1) is 4.90 Å². The van der Waals surface area contributed by atoms with Crippen LogP contribution in [-0.2, 0) is 10.0 Å². The summed E-state index contributed by atoms with van der Waals surface area (Å²) < 4.78 is 26.4. The molecule has 0 saturated carbocycles. The standard InChI is InChI=1S/C12H21N3O2S/c1-4-9-15(10(2)3)18(16,17)12-7-5-11(14-13)6-8-12/h5-8,10,14H,4,9,13H2,1-3H3. The highest BCUT2D eigenvalue weighted by Gasteiger charge is 2.25. The summed E-state index contributed by atoms with van der Waals surface area (Å²) in [5, 5.41) is 0. The Morgan fingerprint density at radius 3 is 2.22 bits per heavy atom. The van der Waals surface area contributed by atoms with Crippen molar-refractivity contribution in [2.75, 3.05) is 12.0 Å². The highest BCUT2D eigenvalue weighted by atomic mass is 32.2. The highest BCUT2D eigenvalue weighted by molar-refractivity contribution is 7.89. The summed E-state index contributed by atoms with van der Waals surface area (Å²) in [6, 6.07) is 6.38. The lowest BCUT2D eigenvalue weighted by Crippen LogP contribution is -2.37. The van der Waals surface area contributed by atoms with E-state index in [1.165, 1.54) is 4.31 Å². The Kier molecular flexibility index (Phi) is 5.13. The number of hydrogen-bond acceptors (Lipinski definition) is 4. The van der Waals surface area contributed by atoms with Crippen molar-refractivity contribution in [1.82, 2.24) is 4.31 Å². The first-order valence-corrected chi connectivity index (χ1v) is 7.46. The predicted octanol–water partition coefficient (Wildman–Crippen LogP) is 1.78. The smallest absolute Gasteiger partial charge is 0.243 e. The Morgan fingerprint density at radius 2 is 1.83 bits per heavy atom. The number of hydrazine groups is 1. The average molecular weight is 271 g/mol. The summed E-state index contributed by atoms with van der Waals surface area (Å²) in [6.07, 6.45) is 0.792. The van der Waals surface area contributed by atoms with Gasteiger partial charge in [-0.1, -0.05) is 6.92 Å². The number of benzene rings is 1. The quantitative estimate of drug-likeness (QED) is 0.611. The van der Waals surface area contributed by atoms with Gasteiger partial charge in [0.2, 0.25) is 10.0 Å². The number of nitrogens with two attached hydrogens (primary N) is 1. The molecule has 0 aliphatic heterocycles. The third kappa shape index (κ3) is 3.22. The lowest BCUT2D eigenvalue weighted by atomic mass is 10.3. The van der Waals surface area contributed by atoms with Crippen molar-refractivity contribution < 1.29 is 8.42 Å². The molecule has 0 unspecified atom stereocenters. The molecule has 0 spiro atoms. The van der Waals surface area contributed by atoms with Gasteiger partial charge in [0.1, 0.15) is 0 Å².